The van der Waals surface area contributed by atoms with Gasteiger partial charge in [-0.3, -0.25) is 14.7 Å². The third-order valence-corrected chi connectivity index (χ3v) is 7.22. The summed E-state index contributed by atoms with van der Waals surface area (Å²) in [7, 11) is 0. The number of carboxylic acid groups (broad SMARTS) is 1. The highest BCUT2D eigenvalue weighted by Gasteiger charge is 2.30. The van der Waals surface area contributed by atoms with Crippen LogP contribution < -0.4 is 16.0 Å². The van der Waals surface area contributed by atoms with E-state index in [2.05, 4.69) is 31.1 Å². The number of aromatic nitrogens is 2. The molecule has 0 saturated carbocycles. The minimum Gasteiger partial charge on any atom is -0.480 e. The average molecular weight is 601 g/mol. The Morgan fingerprint density at radius 1 is 1.27 bits per heavy atom. The first kappa shape index (κ1) is 29.6. The molecule has 0 unspecified atom stereocenters. The van der Waals surface area contributed by atoms with E-state index in [1.54, 1.807) is 42.4 Å². The number of benzene rings is 2. The van der Waals surface area contributed by atoms with Gasteiger partial charge < -0.3 is 31.1 Å². The molecule has 15 heteroatoms. The Balaban J connectivity index is 1.48. The number of aliphatic imine (C=N–C) groups is 1. The predicted molar refractivity (Wildman–Crippen MR) is 151 cm³/mol. The van der Waals surface area contributed by atoms with E-state index in [9.17, 15) is 24.6 Å². The molecule has 0 fully saturated rings. The van der Waals surface area contributed by atoms with Gasteiger partial charge in [0.25, 0.3) is 11.8 Å². The number of nitrogens with one attached hydrogen (secondary N) is 4. The number of carbonyl (C=O) groups excluding carboxylic acids is 2. The number of hydrogen-bond acceptors (Lipinski definition) is 7. The fourth-order valence-electron chi connectivity index (χ4n) is 4.37. The van der Waals surface area contributed by atoms with Gasteiger partial charge in [-0.2, -0.15) is 10.4 Å². The quantitative estimate of drug-likeness (QED) is 0.126. The van der Waals surface area contributed by atoms with Crippen LogP contribution in [0, 0.1) is 11.5 Å². The third-order valence-electron chi connectivity index (χ3n) is 6.50. The number of fused-ring (bicyclic) bond motifs is 2. The predicted octanol–water partition coefficient (Wildman–Crippen LogP) is 1.65. The average Bonchev–Trinajstić information content (AvgIpc) is 3.42. The molecule has 0 saturated heterocycles. The number of aliphatic carboxylic acids is 1. The molecule has 13 nitrogen and oxygen atoms in total. The van der Waals surface area contributed by atoms with Gasteiger partial charge in [-0.25, -0.2) is 4.79 Å². The Bertz CT molecular complexity index is 1570. The SMILES string of the molecule is C[C@H](CO)N/C(=N/C#N)NC[C@H](NC(=O)c1c(Cl)cc2c(c1Cl)CCN(C(=O)c1ccc3cn[nH]c3c1)C2)C(=O)O. The van der Waals surface area contributed by atoms with Crippen molar-refractivity contribution in [1.29, 1.82) is 5.26 Å². The fourth-order valence-corrected chi connectivity index (χ4v) is 5.13. The van der Waals surface area contributed by atoms with E-state index >= 15 is 0 Å². The molecule has 0 spiro atoms. The lowest BCUT2D eigenvalue weighted by Crippen LogP contribution is -2.52. The highest BCUT2D eigenvalue weighted by Crippen LogP contribution is 2.35. The summed E-state index contributed by atoms with van der Waals surface area (Å²) >= 11 is 13.1. The molecular weight excluding hydrogens is 575 g/mol. The van der Waals surface area contributed by atoms with Crippen molar-refractivity contribution in [3.05, 3.63) is 62.8 Å². The Morgan fingerprint density at radius 3 is 2.76 bits per heavy atom. The smallest absolute Gasteiger partial charge is 0.328 e. The maximum atomic E-state index is 13.2. The number of amides is 2. The molecule has 0 aliphatic carbocycles. The first-order valence-electron chi connectivity index (χ1n) is 12.5. The zero-order valence-corrected chi connectivity index (χ0v) is 23.3. The molecule has 2 atom stereocenters. The van der Waals surface area contributed by atoms with Crippen molar-refractivity contribution in [3.8, 4) is 6.19 Å². The van der Waals surface area contributed by atoms with Gasteiger partial charge in [0.2, 0.25) is 12.2 Å². The molecule has 1 aliphatic heterocycles. The van der Waals surface area contributed by atoms with Gasteiger partial charge in [0.1, 0.15) is 6.04 Å². The van der Waals surface area contributed by atoms with Gasteiger partial charge in [-0.05, 0) is 42.7 Å². The second-order valence-corrected chi connectivity index (χ2v) is 10.2. The number of hydrogen-bond donors (Lipinski definition) is 6. The van der Waals surface area contributed by atoms with Crippen molar-refractivity contribution < 1.29 is 24.6 Å². The number of aliphatic hydroxyl groups excluding tert-OH is 1. The monoisotopic (exact) mass is 600 g/mol. The second-order valence-electron chi connectivity index (χ2n) is 9.37. The number of nitrogens with zero attached hydrogens (tertiary/aromatic N) is 4. The third kappa shape index (κ3) is 6.68. The molecule has 41 heavy (non-hydrogen) atoms. The van der Waals surface area contributed by atoms with Crippen LogP contribution in [0.1, 0.15) is 38.8 Å². The van der Waals surface area contributed by atoms with Crippen molar-refractivity contribution in [2.75, 3.05) is 19.7 Å². The van der Waals surface area contributed by atoms with E-state index < -0.39 is 24.0 Å². The number of carboxylic acids is 1. The molecule has 1 aromatic heterocycles. The van der Waals surface area contributed by atoms with Crippen molar-refractivity contribution in [2.24, 2.45) is 4.99 Å². The van der Waals surface area contributed by atoms with E-state index in [1.165, 1.54) is 0 Å². The maximum absolute atomic E-state index is 13.2. The molecule has 4 rings (SSSR count). The number of carbonyl (C=O) groups is 3. The molecule has 3 aromatic rings. The van der Waals surface area contributed by atoms with Crippen LogP contribution in [0.15, 0.2) is 35.5 Å². The van der Waals surface area contributed by atoms with Gasteiger partial charge in [-0.1, -0.05) is 29.3 Å². The summed E-state index contributed by atoms with van der Waals surface area (Å²) in [5, 5.41) is 43.3. The number of aromatic amines is 1. The van der Waals surface area contributed by atoms with E-state index in [-0.39, 0.29) is 47.2 Å². The van der Waals surface area contributed by atoms with Gasteiger partial charge in [0.05, 0.1) is 33.9 Å². The largest absolute Gasteiger partial charge is 0.480 e. The lowest BCUT2D eigenvalue weighted by molar-refractivity contribution is -0.139. The molecule has 0 bridgehead atoms. The summed E-state index contributed by atoms with van der Waals surface area (Å²) in [6, 6.07) is 4.93. The van der Waals surface area contributed by atoms with Crippen LogP contribution in [0.3, 0.4) is 0 Å². The van der Waals surface area contributed by atoms with E-state index in [0.29, 0.717) is 29.7 Å². The topological polar surface area (TPSA) is 196 Å². The molecule has 0 radical (unpaired) electrons. The fraction of sp³-hybridized carbons (Fsp3) is 0.308. The summed E-state index contributed by atoms with van der Waals surface area (Å²) in [5.74, 6) is -2.41. The van der Waals surface area contributed by atoms with Gasteiger partial charge >= 0.3 is 5.97 Å². The molecule has 2 aromatic carbocycles. The summed E-state index contributed by atoms with van der Waals surface area (Å²) in [6.45, 7) is 1.59. The second kappa shape index (κ2) is 12.9. The minimum atomic E-state index is -1.44. The minimum absolute atomic E-state index is 0.00157. The van der Waals surface area contributed by atoms with Crippen LogP contribution in [0.5, 0.6) is 0 Å². The van der Waals surface area contributed by atoms with Crippen molar-refractivity contribution >= 4 is 57.8 Å². The van der Waals surface area contributed by atoms with Crippen molar-refractivity contribution in [2.45, 2.75) is 32.0 Å². The first-order chi connectivity index (χ1) is 19.6. The number of aliphatic hydroxyl groups is 1. The van der Waals surface area contributed by atoms with Crippen molar-refractivity contribution in [1.82, 2.24) is 31.0 Å². The molecule has 1 aliphatic rings. The standard InChI is InChI=1S/C26H26Cl2N8O5/c1-13(11-37)33-26(31-12-29)30-9-20(25(40)41)34-23(38)21-18(27)6-16-10-36(5-4-17(16)22(21)28)24(39)14-2-3-15-8-32-35-19(15)7-14/h2-3,6-8,13,20,37H,4-5,9-11H2,1H3,(H,32,35)(H,34,38)(H,40,41)(H2,30,31,33)/t13-,20+/m1/s1. The molecule has 2 amide bonds. The van der Waals surface area contributed by atoms with Gasteiger partial charge in [0, 0.05) is 36.6 Å². The molecule has 6 N–H and O–H groups in total. The number of H-pyrrole nitrogens is 1. The normalized spacial score (nSPS) is 14.5. The van der Waals surface area contributed by atoms with Crippen LogP contribution in [-0.2, 0) is 17.8 Å². The Morgan fingerprint density at radius 2 is 2.05 bits per heavy atom. The maximum Gasteiger partial charge on any atom is 0.328 e. The number of halogens is 2. The zero-order valence-electron chi connectivity index (χ0n) is 21.7. The van der Waals surface area contributed by atoms with Crippen LogP contribution >= 0.6 is 23.2 Å². The highest BCUT2D eigenvalue weighted by molar-refractivity contribution is 6.40. The van der Waals surface area contributed by atoms with E-state index in [1.807, 2.05) is 6.07 Å². The van der Waals surface area contributed by atoms with E-state index in [0.717, 1.165) is 10.9 Å². The summed E-state index contributed by atoms with van der Waals surface area (Å²) < 4.78 is 0. The van der Waals surface area contributed by atoms with Crippen LogP contribution in [0.2, 0.25) is 10.0 Å². The van der Waals surface area contributed by atoms with Crippen LogP contribution in [0.4, 0.5) is 0 Å². The summed E-state index contributed by atoms with van der Waals surface area (Å²) in [6.07, 6.45) is 3.60. The summed E-state index contributed by atoms with van der Waals surface area (Å²) in [4.78, 5) is 43.4. The number of guanidine groups is 1. The Kier molecular flexibility index (Phi) is 9.28. The molecule has 214 valence electrons. The number of nitriles is 1. The van der Waals surface area contributed by atoms with Crippen molar-refractivity contribution in [3.63, 3.8) is 0 Å². The molecule has 2 heterocycles. The molecular formula is C26H26Cl2N8O5. The van der Waals surface area contributed by atoms with Gasteiger partial charge in [0.15, 0.2) is 0 Å². The highest BCUT2D eigenvalue weighted by atomic mass is 35.5. The first-order valence-corrected chi connectivity index (χ1v) is 13.2. The van der Waals surface area contributed by atoms with Crippen LogP contribution in [0.25, 0.3) is 10.9 Å². The summed E-state index contributed by atoms with van der Waals surface area (Å²) in [5.41, 5.74) is 2.48. The Hall–Kier alpha value is -4.38. The number of rotatable bonds is 8. The Labute approximate surface area is 244 Å². The van der Waals surface area contributed by atoms with E-state index in [4.69, 9.17) is 28.5 Å². The lowest BCUT2D eigenvalue weighted by atomic mass is 9.96. The lowest BCUT2D eigenvalue weighted by Gasteiger charge is -2.30. The zero-order chi connectivity index (χ0) is 29.7. The van der Waals surface area contributed by atoms with Gasteiger partial charge in [-0.15, -0.1) is 4.99 Å². The van der Waals surface area contributed by atoms with Crippen LogP contribution in [-0.4, -0.2) is 80.8 Å².